The molecule has 0 aliphatic carbocycles. The van der Waals surface area contributed by atoms with Crippen molar-refractivity contribution in [1.29, 1.82) is 0 Å². The highest BCUT2D eigenvalue weighted by atomic mass is 35.5. The van der Waals surface area contributed by atoms with Crippen LogP contribution >= 0.6 is 23.2 Å². The largest absolute Gasteiger partial charge is 0.342 e. The van der Waals surface area contributed by atoms with Crippen LogP contribution in [0.4, 0.5) is 0 Å². The molecule has 8 heteroatoms. The van der Waals surface area contributed by atoms with E-state index in [1.54, 1.807) is 47.4 Å². The lowest BCUT2D eigenvalue weighted by molar-refractivity contribution is -0.131. The number of nitrogens with zero attached hydrogens (tertiary/aromatic N) is 2. The summed E-state index contributed by atoms with van der Waals surface area (Å²) in [6.07, 6.45) is 0. The molecule has 2 aromatic carbocycles. The third kappa shape index (κ3) is 5.47. The second-order valence-corrected chi connectivity index (χ2v) is 9.17. The molecule has 0 saturated heterocycles. The highest BCUT2D eigenvalue weighted by Gasteiger charge is 2.28. The van der Waals surface area contributed by atoms with Gasteiger partial charge in [0.15, 0.2) is 0 Å². The molecule has 0 unspecified atom stereocenters. The van der Waals surface area contributed by atoms with Crippen LogP contribution in [-0.2, 0) is 21.4 Å². The summed E-state index contributed by atoms with van der Waals surface area (Å²) in [4.78, 5) is 14.4. The van der Waals surface area contributed by atoms with Crippen molar-refractivity contribution in [2.45, 2.75) is 32.2 Å². The lowest BCUT2D eigenvalue weighted by atomic mass is 10.2. The van der Waals surface area contributed by atoms with Gasteiger partial charge in [0.25, 0.3) is 0 Å². The minimum absolute atomic E-state index is 0.0286. The molecule has 5 nitrogen and oxygen atoms in total. The number of halogens is 2. The third-order valence-electron chi connectivity index (χ3n) is 4.45. The van der Waals surface area contributed by atoms with E-state index in [2.05, 4.69) is 0 Å². The van der Waals surface area contributed by atoms with E-state index in [1.165, 1.54) is 0 Å². The molecule has 0 spiro atoms. The summed E-state index contributed by atoms with van der Waals surface area (Å²) >= 11 is 12.2. The van der Waals surface area contributed by atoms with Gasteiger partial charge in [-0.25, -0.2) is 8.42 Å². The Labute approximate surface area is 176 Å². The van der Waals surface area contributed by atoms with Crippen LogP contribution in [0.15, 0.2) is 47.4 Å². The summed E-state index contributed by atoms with van der Waals surface area (Å²) in [6.45, 7) is 6.32. The van der Waals surface area contributed by atoms with E-state index in [0.29, 0.717) is 28.7 Å². The SMILES string of the molecule is CCN(CC)C(=O)CN(Cc1ccc(Cl)cc1Cl)S(=O)(=O)c1ccc(C)cc1. The van der Waals surface area contributed by atoms with Gasteiger partial charge in [0, 0.05) is 29.7 Å². The predicted molar refractivity (Wildman–Crippen MR) is 113 cm³/mol. The highest BCUT2D eigenvalue weighted by Crippen LogP contribution is 2.25. The van der Waals surface area contributed by atoms with E-state index in [9.17, 15) is 13.2 Å². The Morgan fingerprint density at radius 1 is 1.00 bits per heavy atom. The zero-order valence-electron chi connectivity index (χ0n) is 16.2. The Kier molecular flexibility index (Phi) is 7.89. The molecule has 0 fully saturated rings. The Morgan fingerprint density at radius 3 is 2.14 bits per heavy atom. The van der Waals surface area contributed by atoms with Crippen molar-refractivity contribution in [1.82, 2.24) is 9.21 Å². The Balaban J connectivity index is 2.42. The van der Waals surface area contributed by atoms with Gasteiger partial charge in [-0.2, -0.15) is 4.31 Å². The van der Waals surface area contributed by atoms with Gasteiger partial charge in [-0.3, -0.25) is 4.79 Å². The fraction of sp³-hybridized carbons (Fsp3) is 0.350. The Morgan fingerprint density at radius 2 is 1.61 bits per heavy atom. The molecule has 1 amide bonds. The first-order valence-corrected chi connectivity index (χ1v) is 11.2. The number of carbonyl (C=O) groups excluding carboxylic acids is 1. The minimum atomic E-state index is -3.89. The van der Waals surface area contributed by atoms with Crippen LogP contribution in [0.3, 0.4) is 0 Å². The highest BCUT2D eigenvalue weighted by molar-refractivity contribution is 7.89. The normalized spacial score (nSPS) is 11.6. The van der Waals surface area contributed by atoms with Crippen molar-refractivity contribution >= 4 is 39.1 Å². The average Bonchev–Trinajstić information content (AvgIpc) is 2.64. The van der Waals surface area contributed by atoms with Crippen LogP contribution in [0.2, 0.25) is 10.0 Å². The Hall–Kier alpha value is -1.60. The summed E-state index contributed by atoms with van der Waals surface area (Å²) in [7, 11) is -3.89. The van der Waals surface area contributed by atoms with E-state index < -0.39 is 10.0 Å². The van der Waals surface area contributed by atoms with Gasteiger partial charge in [-0.05, 0) is 50.6 Å². The second-order valence-electron chi connectivity index (χ2n) is 6.39. The van der Waals surface area contributed by atoms with Crippen molar-refractivity contribution in [3.63, 3.8) is 0 Å². The number of hydrogen-bond acceptors (Lipinski definition) is 3. The number of likely N-dealkylation sites (N-methyl/N-ethyl adjacent to an activating group) is 1. The molecule has 0 saturated carbocycles. The van der Waals surface area contributed by atoms with E-state index in [1.807, 2.05) is 20.8 Å². The molecule has 0 aliphatic heterocycles. The van der Waals surface area contributed by atoms with Crippen molar-refractivity contribution < 1.29 is 13.2 Å². The fourth-order valence-corrected chi connectivity index (χ4v) is 4.59. The quantitative estimate of drug-likeness (QED) is 0.609. The first-order chi connectivity index (χ1) is 13.2. The maximum absolute atomic E-state index is 13.2. The van der Waals surface area contributed by atoms with Gasteiger partial charge in [-0.1, -0.05) is 47.0 Å². The molecule has 0 radical (unpaired) electrons. The number of carbonyl (C=O) groups is 1. The van der Waals surface area contributed by atoms with E-state index >= 15 is 0 Å². The van der Waals surface area contributed by atoms with Gasteiger partial charge in [0.1, 0.15) is 0 Å². The van der Waals surface area contributed by atoms with Crippen LogP contribution in [0.5, 0.6) is 0 Å². The number of hydrogen-bond donors (Lipinski definition) is 0. The predicted octanol–water partition coefficient (Wildman–Crippen LogP) is 4.36. The van der Waals surface area contributed by atoms with Crippen molar-refractivity contribution in [3.8, 4) is 0 Å². The number of sulfonamides is 1. The smallest absolute Gasteiger partial charge is 0.243 e. The lowest BCUT2D eigenvalue weighted by Crippen LogP contribution is -2.42. The van der Waals surface area contributed by atoms with Gasteiger partial charge < -0.3 is 4.90 Å². The molecular formula is C20H24Cl2N2O3S. The van der Waals surface area contributed by atoms with Crippen LogP contribution in [0.1, 0.15) is 25.0 Å². The summed E-state index contributed by atoms with van der Waals surface area (Å²) in [5.41, 5.74) is 1.53. The molecule has 0 aliphatic rings. The van der Waals surface area contributed by atoms with Crippen LogP contribution < -0.4 is 0 Å². The molecule has 152 valence electrons. The molecule has 2 aromatic rings. The summed E-state index contributed by atoms with van der Waals surface area (Å²) in [6, 6.07) is 11.4. The first kappa shape index (κ1) is 22.7. The molecular weight excluding hydrogens is 419 g/mol. The third-order valence-corrected chi connectivity index (χ3v) is 6.84. The fourth-order valence-electron chi connectivity index (χ4n) is 2.75. The lowest BCUT2D eigenvalue weighted by Gasteiger charge is -2.26. The zero-order valence-corrected chi connectivity index (χ0v) is 18.5. The van der Waals surface area contributed by atoms with Crippen molar-refractivity contribution in [3.05, 3.63) is 63.6 Å². The topological polar surface area (TPSA) is 57.7 Å². The number of rotatable bonds is 8. The van der Waals surface area contributed by atoms with Gasteiger partial charge in [-0.15, -0.1) is 0 Å². The van der Waals surface area contributed by atoms with Crippen molar-refractivity contribution in [2.24, 2.45) is 0 Å². The average molecular weight is 443 g/mol. The van der Waals surface area contributed by atoms with Crippen LogP contribution in [0.25, 0.3) is 0 Å². The summed E-state index contributed by atoms with van der Waals surface area (Å²) < 4.78 is 27.7. The van der Waals surface area contributed by atoms with Gasteiger partial charge in [0.05, 0.1) is 11.4 Å². The van der Waals surface area contributed by atoms with Crippen LogP contribution in [0, 0.1) is 6.92 Å². The van der Waals surface area contributed by atoms with Gasteiger partial charge >= 0.3 is 0 Å². The number of benzene rings is 2. The van der Waals surface area contributed by atoms with E-state index in [-0.39, 0.29) is 23.9 Å². The minimum Gasteiger partial charge on any atom is -0.342 e. The maximum atomic E-state index is 13.2. The van der Waals surface area contributed by atoms with Crippen molar-refractivity contribution in [2.75, 3.05) is 19.6 Å². The monoisotopic (exact) mass is 442 g/mol. The molecule has 0 heterocycles. The molecule has 0 aromatic heterocycles. The summed E-state index contributed by atoms with van der Waals surface area (Å²) in [5.74, 6) is -0.259. The molecule has 0 N–H and O–H groups in total. The maximum Gasteiger partial charge on any atom is 0.243 e. The first-order valence-electron chi connectivity index (χ1n) is 8.97. The summed E-state index contributed by atoms with van der Waals surface area (Å²) in [5, 5.41) is 0.813. The zero-order chi connectivity index (χ0) is 20.9. The van der Waals surface area contributed by atoms with E-state index in [4.69, 9.17) is 23.2 Å². The molecule has 0 bridgehead atoms. The Bertz CT molecular complexity index is 927. The molecule has 0 atom stereocenters. The molecule has 28 heavy (non-hydrogen) atoms. The van der Waals surface area contributed by atoms with Gasteiger partial charge in [0.2, 0.25) is 15.9 Å². The molecule has 2 rings (SSSR count). The standard InChI is InChI=1S/C20H24Cl2N2O3S/c1-4-23(5-2)20(25)14-24(13-16-8-9-17(21)12-19(16)22)28(26,27)18-10-6-15(3)7-11-18/h6-12H,4-5,13-14H2,1-3H3. The number of aryl methyl sites for hydroxylation is 1. The van der Waals surface area contributed by atoms with E-state index in [0.717, 1.165) is 9.87 Å². The van der Waals surface area contributed by atoms with Crippen LogP contribution in [-0.4, -0.2) is 43.2 Å². The number of amides is 1. The second kappa shape index (κ2) is 9.74.